The molecule has 0 aliphatic carbocycles. The number of hydrogen-bond acceptors (Lipinski definition) is 2. The first-order valence-corrected chi connectivity index (χ1v) is 6.51. The number of fused-ring (bicyclic) bond motifs is 1. The van der Waals surface area contributed by atoms with Crippen LogP contribution in [0.1, 0.15) is 12.6 Å². The molecule has 94 valence electrons. The topological polar surface area (TPSA) is 41.1 Å². The minimum atomic E-state index is 0.608. The van der Waals surface area contributed by atoms with Crippen LogP contribution < -0.4 is 0 Å². The Hall–Kier alpha value is -2.12. The van der Waals surface area contributed by atoms with E-state index in [-0.39, 0.29) is 0 Å². The number of imidazole rings is 1. The first-order valence-electron chi connectivity index (χ1n) is 5.72. The average Bonchev–Trinajstić information content (AvgIpc) is 2.82. The van der Waals surface area contributed by atoms with E-state index in [1.54, 1.807) is 18.3 Å². The summed E-state index contributed by atoms with van der Waals surface area (Å²) in [5, 5.41) is 8.85. The molecule has 0 aromatic carbocycles. The maximum Gasteiger partial charge on any atom is 0.137 e. The fourth-order valence-corrected chi connectivity index (χ4v) is 2.00. The molecule has 0 saturated heterocycles. The Morgan fingerprint density at radius 2 is 2.26 bits per heavy atom. The Morgan fingerprint density at radius 1 is 1.47 bits per heavy atom. The molecule has 3 nitrogen and oxygen atoms in total. The van der Waals surface area contributed by atoms with Gasteiger partial charge in [-0.3, -0.25) is 4.40 Å². The van der Waals surface area contributed by atoms with Gasteiger partial charge in [-0.25, -0.2) is 4.98 Å². The molecule has 0 fully saturated rings. The quantitative estimate of drug-likeness (QED) is 0.631. The molecule has 0 spiro atoms. The van der Waals surface area contributed by atoms with Crippen LogP contribution in [0, 0.1) is 11.3 Å². The Bertz CT molecular complexity index is 729. The number of aromatic nitrogens is 2. The van der Waals surface area contributed by atoms with Gasteiger partial charge in [-0.2, -0.15) is 5.26 Å². The molecule has 0 unspecified atom stereocenters. The minimum Gasteiger partial charge on any atom is -0.299 e. The van der Waals surface area contributed by atoms with Crippen LogP contribution in [0.2, 0.25) is 0 Å². The van der Waals surface area contributed by atoms with Crippen molar-refractivity contribution in [3.05, 3.63) is 65.1 Å². The predicted octanol–water partition coefficient (Wildman–Crippen LogP) is 4.14. The van der Waals surface area contributed by atoms with E-state index in [2.05, 4.69) is 33.6 Å². The van der Waals surface area contributed by atoms with Gasteiger partial charge in [-0.05, 0) is 46.6 Å². The Kier molecular flexibility index (Phi) is 3.98. The van der Waals surface area contributed by atoms with Crippen LogP contribution in [-0.2, 0) is 0 Å². The van der Waals surface area contributed by atoms with Gasteiger partial charge in [0, 0.05) is 16.2 Å². The van der Waals surface area contributed by atoms with Crippen molar-refractivity contribution in [1.82, 2.24) is 9.38 Å². The maximum absolute atomic E-state index is 8.85. The smallest absolute Gasteiger partial charge is 0.137 e. The van der Waals surface area contributed by atoms with E-state index in [1.807, 2.05) is 35.7 Å². The average molecular weight is 314 g/mol. The van der Waals surface area contributed by atoms with Gasteiger partial charge in [0.2, 0.25) is 0 Å². The van der Waals surface area contributed by atoms with Crippen molar-refractivity contribution in [2.75, 3.05) is 0 Å². The fourth-order valence-electron chi connectivity index (χ4n) is 1.67. The lowest BCUT2D eigenvalue weighted by molar-refractivity contribution is 1.15. The number of rotatable bonds is 3. The predicted molar refractivity (Wildman–Crippen MR) is 80.4 cm³/mol. The fraction of sp³-hybridized carbons (Fsp3) is 0.0667. The number of hydrogen-bond donors (Lipinski definition) is 0. The number of halogens is 1. The molecule has 4 heteroatoms. The van der Waals surface area contributed by atoms with Crippen molar-refractivity contribution in [3.8, 4) is 6.07 Å². The molecular formula is C15H12BrN3. The van der Waals surface area contributed by atoms with Crippen molar-refractivity contribution in [2.24, 2.45) is 0 Å². The summed E-state index contributed by atoms with van der Waals surface area (Å²) in [4.78, 5) is 4.32. The van der Waals surface area contributed by atoms with Gasteiger partial charge in [0.05, 0.1) is 18.0 Å². The standard InChI is InChI=1S/C15H12BrN3/c1-3-12(8-17)5-4-11(2)14-9-18-15-7-6-13(16)10-19(14)15/h3-7,9-10H,2H2,1H3/b5-4-,12-3+. The van der Waals surface area contributed by atoms with Crippen LogP contribution in [-0.4, -0.2) is 9.38 Å². The van der Waals surface area contributed by atoms with E-state index in [0.717, 1.165) is 21.4 Å². The Balaban J connectivity index is 2.38. The zero-order valence-corrected chi connectivity index (χ0v) is 12.1. The van der Waals surface area contributed by atoms with E-state index in [9.17, 15) is 0 Å². The summed E-state index contributed by atoms with van der Waals surface area (Å²) >= 11 is 3.44. The highest BCUT2D eigenvalue weighted by Crippen LogP contribution is 2.19. The van der Waals surface area contributed by atoms with E-state index in [1.165, 1.54) is 0 Å². The molecule has 0 N–H and O–H groups in total. The van der Waals surface area contributed by atoms with Crippen molar-refractivity contribution in [1.29, 1.82) is 5.26 Å². The van der Waals surface area contributed by atoms with Crippen LogP contribution in [0.5, 0.6) is 0 Å². The maximum atomic E-state index is 8.85. The molecule has 0 saturated carbocycles. The molecule has 2 aromatic heterocycles. The summed E-state index contributed by atoms with van der Waals surface area (Å²) in [5.74, 6) is 0. The minimum absolute atomic E-state index is 0.608. The third-order valence-corrected chi connectivity index (χ3v) is 3.17. The van der Waals surface area contributed by atoms with Crippen molar-refractivity contribution in [2.45, 2.75) is 6.92 Å². The van der Waals surface area contributed by atoms with Crippen molar-refractivity contribution >= 4 is 27.2 Å². The molecular weight excluding hydrogens is 302 g/mol. The number of allylic oxidation sites excluding steroid dienone is 5. The third kappa shape index (κ3) is 2.83. The van der Waals surface area contributed by atoms with Gasteiger partial charge in [-0.15, -0.1) is 0 Å². The molecule has 19 heavy (non-hydrogen) atoms. The Morgan fingerprint density at radius 3 is 2.95 bits per heavy atom. The molecule has 0 aliphatic rings. The highest BCUT2D eigenvalue weighted by atomic mass is 79.9. The molecule has 2 rings (SSSR count). The number of pyridine rings is 1. The summed E-state index contributed by atoms with van der Waals surface area (Å²) < 4.78 is 2.93. The zero-order valence-electron chi connectivity index (χ0n) is 10.5. The van der Waals surface area contributed by atoms with Crippen molar-refractivity contribution in [3.63, 3.8) is 0 Å². The molecule has 0 atom stereocenters. The highest BCUT2D eigenvalue weighted by molar-refractivity contribution is 9.10. The number of nitriles is 1. The van der Waals surface area contributed by atoms with Crippen LogP contribution in [0.3, 0.4) is 0 Å². The van der Waals surface area contributed by atoms with Crippen LogP contribution in [0.15, 0.2) is 59.4 Å². The molecule has 0 amide bonds. The first-order chi connectivity index (χ1) is 9.15. The molecule has 0 bridgehead atoms. The highest BCUT2D eigenvalue weighted by Gasteiger charge is 2.05. The van der Waals surface area contributed by atoms with E-state index in [4.69, 9.17) is 5.26 Å². The largest absolute Gasteiger partial charge is 0.299 e. The van der Waals surface area contributed by atoms with E-state index < -0.39 is 0 Å². The van der Waals surface area contributed by atoms with Gasteiger partial charge >= 0.3 is 0 Å². The van der Waals surface area contributed by atoms with Gasteiger partial charge in [-0.1, -0.05) is 18.7 Å². The SMILES string of the molecule is C=C(/C=C\C(C#N)=C/C)c1cnc2ccc(Br)cn12. The zero-order chi connectivity index (χ0) is 13.8. The third-order valence-electron chi connectivity index (χ3n) is 2.70. The lowest BCUT2D eigenvalue weighted by Gasteiger charge is -2.01. The van der Waals surface area contributed by atoms with Crippen LogP contribution >= 0.6 is 15.9 Å². The molecule has 2 aromatic rings. The first kappa shape index (κ1) is 13.3. The second-order valence-corrected chi connectivity index (χ2v) is 4.85. The van der Waals surface area contributed by atoms with Crippen LogP contribution in [0.4, 0.5) is 0 Å². The van der Waals surface area contributed by atoms with Crippen LogP contribution in [0.25, 0.3) is 11.2 Å². The van der Waals surface area contributed by atoms with Gasteiger partial charge in [0.1, 0.15) is 5.65 Å². The molecule has 0 aliphatic heterocycles. The summed E-state index contributed by atoms with van der Waals surface area (Å²) in [6.07, 6.45) is 9.05. The van der Waals surface area contributed by atoms with Crippen molar-refractivity contribution < 1.29 is 0 Å². The summed E-state index contributed by atoms with van der Waals surface area (Å²) in [5.41, 5.74) is 3.18. The van der Waals surface area contributed by atoms with Gasteiger partial charge in [0.15, 0.2) is 0 Å². The molecule has 2 heterocycles. The van der Waals surface area contributed by atoms with Gasteiger partial charge < -0.3 is 0 Å². The number of nitrogens with zero attached hydrogens (tertiary/aromatic N) is 3. The normalized spacial score (nSPS) is 11.9. The second kappa shape index (κ2) is 5.68. The Labute approximate surface area is 120 Å². The van der Waals surface area contributed by atoms with Gasteiger partial charge in [0.25, 0.3) is 0 Å². The molecule has 0 radical (unpaired) electrons. The second-order valence-electron chi connectivity index (χ2n) is 3.93. The lowest BCUT2D eigenvalue weighted by Crippen LogP contribution is -1.90. The monoisotopic (exact) mass is 313 g/mol. The lowest BCUT2D eigenvalue weighted by atomic mass is 10.1. The summed E-state index contributed by atoms with van der Waals surface area (Å²) in [6.45, 7) is 5.85. The van der Waals surface area contributed by atoms with E-state index >= 15 is 0 Å². The summed E-state index contributed by atoms with van der Waals surface area (Å²) in [6, 6.07) is 5.97. The van der Waals surface area contributed by atoms with E-state index in [0.29, 0.717) is 5.57 Å². The summed E-state index contributed by atoms with van der Waals surface area (Å²) in [7, 11) is 0.